The smallest absolute Gasteiger partial charge is 0.124 e. The fourth-order valence-corrected chi connectivity index (χ4v) is 2.29. The number of rotatable bonds is 4. The van der Waals surface area contributed by atoms with E-state index < -0.39 is 0 Å². The largest absolute Gasteiger partial charge is 0.507 e. The Hall–Kier alpha value is -2.17. The molecule has 2 N–H and O–H groups in total. The molecule has 1 aromatic heterocycles. The van der Waals surface area contributed by atoms with Gasteiger partial charge in [-0.15, -0.1) is 0 Å². The van der Waals surface area contributed by atoms with Gasteiger partial charge in [0, 0.05) is 18.7 Å². The van der Waals surface area contributed by atoms with Crippen LogP contribution in [0.1, 0.15) is 29.9 Å². The summed E-state index contributed by atoms with van der Waals surface area (Å²) in [5.41, 5.74) is 3.86. The van der Waals surface area contributed by atoms with Gasteiger partial charge in [-0.25, -0.2) is 0 Å². The highest BCUT2D eigenvalue weighted by atomic mass is 16.5. The SMILES string of the molecule is COc1ccc(C(C)Nc2c(C)nn(C)c2C)c(O)c1. The van der Waals surface area contributed by atoms with Crippen molar-refractivity contribution in [3.05, 3.63) is 35.2 Å². The summed E-state index contributed by atoms with van der Waals surface area (Å²) in [6, 6.07) is 5.31. The lowest BCUT2D eigenvalue weighted by atomic mass is 10.1. The molecule has 5 nitrogen and oxygen atoms in total. The zero-order valence-electron chi connectivity index (χ0n) is 12.6. The van der Waals surface area contributed by atoms with E-state index in [9.17, 15) is 5.11 Å². The summed E-state index contributed by atoms with van der Waals surface area (Å²) in [5, 5.41) is 17.9. The van der Waals surface area contributed by atoms with Crippen LogP contribution in [0.5, 0.6) is 11.5 Å². The van der Waals surface area contributed by atoms with Gasteiger partial charge in [0.25, 0.3) is 0 Å². The third kappa shape index (κ3) is 2.57. The number of aromatic nitrogens is 2. The van der Waals surface area contributed by atoms with Crippen LogP contribution in [-0.4, -0.2) is 22.0 Å². The van der Waals surface area contributed by atoms with Gasteiger partial charge in [0.15, 0.2) is 0 Å². The molecule has 0 radical (unpaired) electrons. The predicted molar refractivity (Wildman–Crippen MR) is 79.4 cm³/mol. The molecule has 2 aromatic rings. The van der Waals surface area contributed by atoms with Crippen LogP contribution in [0.15, 0.2) is 18.2 Å². The number of aromatic hydroxyl groups is 1. The molecule has 108 valence electrons. The Morgan fingerprint density at radius 3 is 2.55 bits per heavy atom. The third-order valence-electron chi connectivity index (χ3n) is 3.57. The van der Waals surface area contributed by atoms with Crippen LogP contribution < -0.4 is 10.1 Å². The zero-order chi connectivity index (χ0) is 14.9. The molecule has 20 heavy (non-hydrogen) atoms. The van der Waals surface area contributed by atoms with Crippen LogP contribution in [0.2, 0.25) is 0 Å². The molecule has 0 amide bonds. The average Bonchev–Trinajstić information content (AvgIpc) is 2.65. The van der Waals surface area contributed by atoms with Crippen LogP contribution in [0.3, 0.4) is 0 Å². The second kappa shape index (κ2) is 5.45. The van der Waals surface area contributed by atoms with E-state index in [0.29, 0.717) is 5.75 Å². The van der Waals surface area contributed by atoms with Crippen LogP contribution in [0, 0.1) is 13.8 Å². The highest BCUT2D eigenvalue weighted by molar-refractivity contribution is 5.54. The number of phenols is 1. The van der Waals surface area contributed by atoms with Gasteiger partial charge in [0.2, 0.25) is 0 Å². The van der Waals surface area contributed by atoms with Crippen molar-refractivity contribution >= 4 is 5.69 Å². The summed E-state index contributed by atoms with van der Waals surface area (Å²) in [4.78, 5) is 0. The molecule has 0 fully saturated rings. The van der Waals surface area contributed by atoms with Gasteiger partial charge in [0.1, 0.15) is 11.5 Å². The maximum Gasteiger partial charge on any atom is 0.124 e. The summed E-state index contributed by atoms with van der Waals surface area (Å²) in [5.74, 6) is 0.871. The van der Waals surface area contributed by atoms with Crippen LogP contribution in [-0.2, 0) is 7.05 Å². The van der Waals surface area contributed by atoms with E-state index in [1.54, 1.807) is 13.2 Å². The summed E-state index contributed by atoms with van der Waals surface area (Å²) < 4.78 is 6.94. The minimum atomic E-state index is -0.0255. The zero-order valence-corrected chi connectivity index (χ0v) is 12.6. The van der Waals surface area contributed by atoms with Crippen LogP contribution >= 0.6 is 0 Å². The summed E-state index contributed by atoms with van der Waals surface area (Å²) in [6.45, 7) is 5.99. The Morgan fingerprint density at radius 1 is 1.35 bits per heavy atom. The van der Waals surface area contributed by atoms with E-state index in [1.807, 2.05) is 44.6 Å². The number of hydrogen-bond acceptors (Lipinski definition) is 4. The normalized spacial score (nSPS) is 12.2. The van der Waals surface area contributed by atoms with Crippen molar-refractivity contribution < 1.29 is 9.84 Å². The number of methoxy groups -OCH3 is 1. The minimum absolute atomic E-state index is 0.0255. The van der Waals surface area contributed by atoms with Crippen molar-refractivity contribution in [2.75, 3.05) is 12.4 Å². The van der Waals surface area contributed by atoms with Gasteiger partial charge in [-0.05, 0) is 32.9 Å². The molecule has 0 aliphatic heterocycles. The number of hydrogen-bond donors (Lipinski definition) is 2. The van der Waals surface area contributed by atoms with Gasteiger partial charge < -0.3 is 15.2 Å². The van der Waals surface area contributed by atoms with Gasteiger partial charge >= 0.3 is 0 Å². The van der Waals surface area contributed by atoms with Crippen molar-refractivity contribution in [1.29, 1.82) is 0 Å². The minimum Gasteiger partial charge on any atom is -0.507 e. The number of anilines is 1. The molecule has 0 spiro atoms. The average molecular weight is 275 g/mol. The van der Waals surface area contributed by atoms with Crippen molar-refractivity contribution in [3.8, 4) is 11.5 Å². The number of nitrogens with zero attached hydrogens (tertiary/aromatic N) is 2. The van der Waals surface area contributed by atoms with Crippen LogP contribution in [0.4, 0.5) is 5.69 Å². The molecule has 1 unspecified atom stereocenters. The molecular formula is C15H21N3O2. The second-order valence-electron chi connectivity index (χ2n) is 4.96. The van der Waals surface area contributed by atoms with E-state index >= 15 is 0 Å². The Bertz CT molecular complexity index is 620. The predicted octanol–water partition coefficient (Wildman–Crippen LogP) is 2.92. The van der Waals surface area contributed by atoms with E-state index in [0.717, 1.165) is 22.6 Å². The highest BCUT2D eigenvalue weighted by Crippen LogP contribution is 2.31. The third-order valence-corrected chi connectivity index (χ3v) is 3.57. The quantitative estimate of drug-likeness (QED) is 0.900. The lowest BCUT2D eigenvalue weighted by molar-refractivity contribution is 0.406. The van der Waals surface area contributed by atoms with Crippen molar-refractivity contribution in [1.82, 2.24) is 9.78 Å². The summed E-state index contributed by atoms with van der Waals surface area (Å²) in [7, 11) is 3.50. The fourth-order valence-electron chi connectivity index (χ4n) is 2.29. The van der Waals surface area contributed by atoms with Crippen LogP contribution in [0.25, 0.3) is 0 Å². The van der Waals surface area contributed by atoms with Gasteiger partial charge in [-0.1, -0.05) is 0 Å². The second-order valence-corrected chi connectivity index (χ2v) is 4.96. The molecule has 0 bridgehead atoms. The lowest BCUT2D eigenvalue weighted by Crippen LogP contribution is -2.08. The number of benzene rings is 1. The molecule has 0 aliphatic carbocycles. The van der Waals surface area contributed by atoms with Gasteiger partial charge in [-0.2, -0.15) is 5.10 Å². The molecule has 1 aromatic carbocycles. The van der Waals surface area contributed by atoms with Crippen molar-refractivity contribution in [3.63, 3.8) is 0 Å². The van der Waals surface area contributed by atoms with E-state index in [-0.39, 0.29) is 11.8 Å². The molecule has 1 heterocycles. The number of nitrogens with one attached hydrogen (secondary N) is 1. The standard InChI is InChI=1S/C15H21N3O2/c1-9(13-7-6-12(20-5)8-14(13)19)16-15-10(2)17-18(4)11(15)3/h6-9,16,19H,1-5H3. The molecule has 2 rings (SSSR count). The molecule has 0 saturated carbocycles. The van der Waals surface area contributed by atoms with E-state index in [4.69, 9.17) is 4.74 Å². The van der Waals surface area contributed by atoms with E-state index in [2.05, 4.69) is 10.4 Å². The van der Waals surface area contributed by atoms with Gasteiger partial charge in [0.05, 0.1) is 30.2 Å². The first-order chi connectivity index (χ1) is 9.43. The van der Waals surface area contributed by atoms with Crippen molar-refractivity contribution in [2.24, 2.45) is 7.05 Å². The summed E-state index contributed by atoms with van der Waals surface area (Å²) >= 11 is 0. The highest BCUT2D eigenvalue weighted by Gasteiger charge is 2.15. The maximum atomic E-state index is 10.1. The fraction of sp³-hybridized carbons (Fsp3) is 0.400. The monoisotopic (exact) mass is 275 g/mol. The first-order valence-corrected chi connectivity index (χ1v) is 6.57. The first-order valence-electron chi connectivity index (χ1n) is 6.57. The van der Waals surface area contributed by atoms with Crippen molar-refractivity contribution in [2.45, 2.75) is 26.8 Å². The Morgan fingerprint density at radius 2 is 2.05 bits per heavy atom. The number of phenolic OH excluding ortho intramolecular Hbond substituents is 1. The number of aryl methyl sites for hydroxylation is 2. The first kappa shape index (κ1) is 14.2. The topological polar surface area (TPSA) is 59.3 Å². The molecular weight excluding hydrogens is 254 g/mol. The molecule has 5 heteroatoms. The Balaban J connectivity index is 2.26. The Kier molecular flexibility index (Phi) is 3.88. The van der Waals surface area contributed by atoms with E-state index in [1.165, 1.54) is 0 Å². The molecule has 0 saturated heterocycles. The Labute approximate surface area is 119 Å². The molecule has 1 atom stereocenters. The maximum absolute atomic E-state index is 10.1. The number of ether oxygens (including phenoxy) is 1. The molecule has 0 aliphatic rings. The lowest BCUT2D eigenvalue weighted by Gasteiger charge is -2.17. The summed E-state index contributed by atoms with van der Waals surface area (Å²) in [6.07, 6.45) is 0. The van der Waals surface area contributed by atoms with Gasteiger partial charge in [-0.3, -0.25) is 4.68 Å².